The lowest BCUT2D eigenvalue weighted by Gasteiger charge is -2.32. The molecule has 3 atom stereocenters. The van der Waals surface area contributed by atoms with Crippen molar-refractivity contribution in [1.82, 2.24) is 15.5 Å². The summed E-state index contributed by atoms with van der Waals surface area (Å²) in [5.41, 5.74) is 0. The number of nitrogens with one attached hydrogen (secondary N) is 2. The number of rotatable bonds is 5. The van der Waals surface area contributed by atoms with E-state index < -0.39 is 28.8 Å². The standard InChI is InChI=1S/C14H25N3O4S/c1-6-9(16-8(2)18)10(19)13(21)17-7-22-14(3,4)11(17)12(20)15-5/h9-11,19H,6-7H2,1-5H3,(H,15,20)(H,16,18). The number of aliphatic hydroxyl groups is 1. The number of carbonyl (C=O) groups excluding carboxylic acids is 3. The molecule has 7 nitrogen and oxygen atoms in total. The van der Waals surface area contributed by atoms with E-state index in [2.05, 4.69) is 10.6 Å². The maximum absolute atomic E-state index is 12.6. The Balaban J connectivity index is 2.95. The molecule has 0 aromatic rings. The lowest BCUT2D eigenvalue weighted by atomic mass is 9.99. The molecule has 1 fully saturated rings. The van der Waals surface area contributed by atoms with Crippen molar-refractivity contribution in [3.63, 3.8) is 0 Å². The highest BCUT2D eigenvalue weighted by Crippen LogP contribution is 2.39. The van der Waals surface area contributed by atoms with Gasteiger partial charge in [-0.3, -0.25) is 14.4 Å². The van der Waals surface area contributed by atoms with Gasteiger partial charge in [0, 0.05) is 18.7 Å². The van der Waals surface area contributed by atoms with Gasteiger partial charge in [0.05, 0.1) is 11.9 Å². The summed E-state index contributed by atoms with van der Waals surface area (Å²) < 4.78 is -0.439. The van der Waals surface area contributed by atoms with Gasteiger partial charge in [-0.25, -0.2) is 0 Å². The van der Waals surface area contributed by atoms with E-state index in [0.29, 0.717) is 12.3 Å². The van der Waals surface area contributed by atoms with E-state index in [-0.39, 0.29) is 11.8 Å². The van der Waals surface area contributed by atoms with Crippen molar-refractivity contribution in [2.45, 2.75) is 57.1 Å². The molecule has 3 amide bonds. The van der Waals surface area contributed by atoms with Crippen molar-refractivity contribution in [2.75, 3.05) is 12.9 Å². The Morgan fingerprint density at radius 2 is 2.00 bits per heavy atom. The lowest BCUT2D eigenvalue weighted by molar-refractivity contribution is -0.147. The summed E-state index contributed by atoms with van der Waals surface area (Å²) in [7, 11) is 1.52. The zero-order valence-electron chi connectivity index (χ0n) is 13.7. The molecule has 0 radical (unpaired) electrons. The average molecular weight is 331 g/mol. The van der Waals surface area contributed by atoms with Crippen molar-refractivity contribution in [2.24, 2.45) is 0 Å². The number of carbonyl (C=O) groups is 3. The van der Waals surface area contributed by atoms with Gasteiger partial charge >= 0.3 is 0 Å². The summed E-state index contributed by atoms with van der Waals surface area (Å²) in [5.74, 6) is -0.773. The van der Waals surface area contributed by atoms with E-state index in [4.69, 9.17) is 0 Å². The van der Waals surface area contributed by atoms with E-state index in [1.54, 1.807) is 6.92 Å². The largest absolute Gasteiger partial charge is 0.381 e. The number of hydrogen-bond donors (Lipinski definition) is 3. The Morgan fingerprint density at radius 3 is 2.45 bits per heavy atom. The van der Waals surface area contributed by atoms with Gasteiger partial charge < -0.3 is 20.6 Å². The highest BCUT2D eigenvalue weighted by atomic mass is 32.2. The zero-order chi connectivity index (χ0) is 17.1. The molecule has 0 aromatic carbocycles. The monoisotopic (exact) mass is 331 g/mol. The molecule has 0 aromatic heterocycles. The zero-order valence-corrected chi connectivity index (χ0v) is 14.5. The molecule has 1 aliphatic heterocycles. The van der Waals surface area contributed by atoms with Gasteiger partial charge in [0.25, 0.3) is 5.91 Å². The highest BCUT2D eigenvalue weighted by molar-refractivity contribution is 8.00. The fourth-order valence-electron chi connectivity index (χ4n) is 2.56. The van der Waals surface area contributed by atoms with Crippen LogP contribution >= 0.6 is 11.8 Å². The summed E-state index contributed by atoms with van der Waals surface area (Å²) in [6.45, 7) is 6.89. The Hall–Kier alpha value is -1.28. The number of aliphatic hydroxyl groups excluding tert-OH is 1. The normalized spacial score (nSPS) is 22.8. The molecular weight excluding hydrogens is 306 g/mol. The third-order valence-electron chi connectivity index (χ3n) is 3.79. The minimum atomic E-state index is -1.37. The maximum Gasteiger partial charge on any atom is 0.254 e. The van der Waals surface area contributed by atoms with Gasteiger partial charge in [0.1, 0.15) is 6.04 Å². The van der Waals surface area contributed by atoms with Crippen LogP contribution in [0.3, 0.4) is 0 Å². The molecule has 0 saturated carbocycles. The first-order valence-electron chi connectivity index (χ1n) is 7.26. The van der Waals surface area contributed by atoms with Crippen LogP contribution in [-0.2, 0) is 14.4 Å². The van der Waals surface area contributed by atoms with Gasteiger partial charge in [-0.1, -0.05) is 6.92 Å². The summed E-state index contributed by atoms with van der Waals surface area (Å²) in [5, 5.41) is 15.4. The third-order valence-corrected chi connectivity index (χ3v) is 5.16. The van der Waals surface area contributed by atoms with E-state index in [9.17, 15) is 19.5 Å². The third kappa shape index (κ3) is 3.92. The quantitative estimate of drug-likeness (QED) is 0.642. The molecule has 3 N–H and O–H groups in total. The Kier molecular flexibility index (Phi) is 6.25. The molecule has 126 valence electrons. The van der Waals surface area contributed by atoms with Crippen LogP contribution in [0.2, 0.25) is 0 Å². The van der Waals surface area contributed by atoms with Gasteiger partial charge in [-0.2, -0.15) is 0 Å². The first-order chi connectivity index (χ1) is 10.2. The second-order valence-corrected chi connectivity index (χ2v) is 7.46. The highest BCUT2D eigenvalue weighted by Gasteiger charge is 2.49. The summed E-state index contributed by atoms with van der Waals surface area (Å²) in [4.78, 5) is 37.2. The molecule has 1 aliphatic rings. The van der Waals surface area contributed by atoms with Gasteiger partial charge in [-0.05, 0) is 20.3 Å². The van der Waals surface area contributed by atoms with E-state index in [0.717, 1.165) is 0 Å². The maximum atomic E-state index is 12.6. The van der Waals surface area contributed by atoms with E-state index in [1.807, 2.05) is 13.8 Å². The molecule has 0 spiro atoms. The number of nitrogens with zero attached hydrogens (tertiary/aromatic N) is 1. The first kappa shape index (κ1) is 18.8. The van der Waals surface area contributed by atoms with Crippen LogP contribution in [0.15, 0.2) is 0 Å². The van der Waals surface area contributed by atoms with Gasteiger partial charge in [0.15, 0.2) is 6.10 Å². The van der Waals surface area contributed by atoms with Gasteiger partial charge in [-0.15, -0.1) is 11.8 Å². The molecular formula is C14H25N3O4S. The van der Waals surface area contributed by atoms with Crippen LogP contribution in [0.5, 0.6) is 0 Å². The number of hydrogen-bond acceptors (Lipinski definition) is 5. The van der Waals surface area contributed by atoms with Crippen LogP contribution in [-0.4, -0.2) is 63.6 Å². The Bertz CT molecular complexity index is 455. The van der Waals surface area contributed by atoms with Crippen molar-refractivity contribution >= 4 is 29.5 Å². The summed E-state index contributed by atoms with van der Waals surface area (Å²) >= 11 is 1.48. The van der Waals surface area contributed by atoms with Crippen LogP contribution < -0.4 is 10.6 Å². The Morgan fingerprint density at radius 1 is 1.41 bits per heavy atom. The second-order valence-electron chi connectivity index (χ2n) is 5.86. The lowest BCUT2D eigenvalue weighted by Crippen LogP contribution is -2.57. The van der Waals surface area contributed by atoms with Gasteiger partial charge in [0.2, 0.25) is 11.8 Å². The molecule has 1 rings (SSSR count). The smallest absolute Gasteiger partial charge is 0.254 e. The predicted octanol–water partition coefficient (Wildman–Crippen LogP) is -0.312. The molecule has 3 unspecified atom stereocenters. The minimum absolute atomic E-state index is 0.261. The van der Waals surface area contributed by atoms with Crippen molar-refractivity contribution < 1.29 is 19.5 Å². The fourth-order valence-corrected chi connectivity index (χ4v) is 3.70. The van der Waals surface area contributed by atoms with Crippen LogP contribution in [0.1, 0.15) is 34.1 Å². The molecule has 8 heteroatoms. The second kappa shape index (κ2) is 7.32. The molecule has 0 aliphatic carbocycles. The van der Waals surface area contributed by atoms with Crippen LogP contribution in [0.25, 0.3) is 0 Å². The Labute approximate surface area is 135 Å². The minimum Gasteiger partial charge on any atom is -0.381 e. The fraction of sp³-hybridized carbons (Fsp3) is 0.786. The molecule has 0 bridgehead atoms. The number of amides is 3. The van der Waals surface area contributed by atoms with E-state index in [1.165, 1.54) is 30.6 Å². The topological polar surface area (TPSA) is 98.7 Å². The number of thioether (sulfide) groups is 1. The van der Waals surface area contributed by atoms with Crippen LogP contribution in [0, 0.1) is 0 Å². The van der Waals surface area contributed by atoms with Crippen molar-refractivity contribution in [3.05, 3.63) is 0 Å². The number of likely N-dealkylation sites (N-methyl/N-ethyl adjacent to an activating group) is 1. The predicted molar refractivity (Wildman–Crippen MR) is 85.1 cm³/mol. The van der Waals surface area contributed by atoms with Crippen LogP contribution in [0.4, 0.5) is 0 Å². The van der Waals surface area contributed by atoms with Crippen molar-refractivity contribution in [3.8, 4) is 0 Å². The summed E-state index contributed by atoms with van der Waals surface area (Å²) in [6.07, 6.45) is -0.947. The molecule has 22 heavy (non-hydrogen) atoms. The average Bonchev–Trinajstić information content (AvgIpc) is 2.77. The van der Waals surface area contributed by atoms with E-state index >= 15 is 0 Å². The summed E-state index contributed by atoms with van der Waals surface area (Å²) in [6, 6.07) is -1.32. The SMILES string of the molecule is CCC(NC(C)=O)C(O)C(=O)N1CSC(C)(C)C1C(=O)NC. The van der Waals surface area contributed by atoms with Crippen molar-refractivity contribution in [1.29, 1.82) is 0 Å². The molecule has 1 heterocycles. The first-order valence-corrected chi connectivity index (χ1v) is 8.25. The molecule has 1 saturated heterocycles.